The summed E-state index contributed by atoms with van der Waals surface area (Å²) in [6.45, 7) is 5.94. The van der Waals surface area contributed by atoms with Gasteiger partial charge in [-0.1, -0.05) is 24.3 Å². The van der Waals surface area contributed by atoms with Gasteiger partial charge >= 0.3 is 0 Å². The van der Waals surface area contributed by atoms with Crippen molar-refractivity contribution in [2.45, 2.75) is 39.4 Å². The van der Waals surface area contributed by atoms with Gasteiger partial charge in [-0.15, -0.1) is 0 Å². The lowest BCUT2D eigenvalue weighted by atomic mass is 10.1. The molecule has 128 valence electrons. The van der Waals surface area contributed by atoms with Crippen LogP contribution in [0.1, 0.15) is 29.7 Å². The summed E-state index contributed by atoms with van der Waals surface area (Å²) < 4.78 is 1.52. The SMILES string of the molecule is Cc1cc(N)n(CC(=O)NCc2ccc(CN3CCCC3)cc2)n1. The maximum absolute atomic E-state index is 12.0. The van der Waals surface area contributed by atoms with Crippen molar-refractivity contribution in [1.82, 2.24) is 20.0 Å². The summed E-state index contributed by atoms with van der Waals surface area (Å²) in [4.78, 5) is 14.5. The molecule has 24 heavy (non-hydrogen) atoms. The lowest BCUT2D eigenvalue weighted by molar-refractivity contribution is -0.122. The number of rotatable bonds is 6. The van der Waals surface area contributed by atoms with Gasteiger partial charge in [0.1, 0.15) is 12.4 Å². The second-order valence-corrected chi connectivity index (χ2v) is 6.44. The average Bonchev–Trinajstić information content (AvgIpc) is 3.17. The second kappa shape index (κ2) is 7.49. The van der Waals surface area contributed by atoms with E-state index in [9.17, 15) is 4.79 Å². The third-order valence-corrected chi connectivity index (χ3v) is 4.34. The van der Waals surface area contributed by atoms with E-state index in [1.165, 1.54) is 36.2 Å². The van der Waals surface area contributed by atoms with Crippen molar-refractivity contribution in [1.29, 1.82) is 0 Å². The van der Waals surface area contributed by atoms with E-state index in [0.717, 1.165) is 17.8 Å². The molecule has 1 aromatic carbocycles. The van der Waals surface area contributed by atoms with Crippen LogP contribution in [0.25, 0.3) is 0 Å². The molecule has 1 aliphatic rings. The molecule has 1 amide bonds. The fraction of sp³-hybridized carbons (Fsp3) is 0.444. The first-order valence-electron chi connectivity index (χ1n) is 8.47. The summed E-state index contributed by atoms with van der Waals surface area (Å²) in [6.07, 6.45) is 2.62. The van der Waals surface area contributed by atoms with Crippen LogP contribution in [0.4, 0.5) is 5.82 Å². The minimum absolute atomic E-state index is 0.0917. The number of carbonyl (C=O) groups excluding carboxylic acids is 1. The van der Waals surface area contributed by atoms with Crippen LogP contribution < -0.4 is 11.1 Å². The Morgan fingerprint density at radius 1 is 1.21 bits per heavy atom. The number of benzene rings is 1. The molecule has 1 saturated heterocycles. The highest BCUT2D eigenvalue weighted by atomic mass is 16.2. The molecule has 0 saturated carbocycles. The van der Waals surface area contributed by atoms with E-state index in [1.54, 1.807) is 6.07 Å². The van der Waals surface area contributed by atoms with Crippen molar-refractivity contribution in [3.8, 4) is 0 Å². The normalized spacial score (nSPS) is 14.9. The van der Waals surface area contributed by atoms with E-state index in [-0.39, 0.29) is 12.5 Å². The Morgan fingerprint density at radius 2 is 1.88 bits per heavy atom. The number of nitrogens with two attached hydrogens (primary N) is 1. The van der Waals surface area contributed by atoms with Crippen molar-refractivity contribution in [3.63, 3.8) is 0 Å². The zero-order valence-corrected chi connectivity index (χ0v) is 14.2. The molecule has 2 aromatic rings. The highest BCUT2D eigenvalue weighted by Crippen LogP contribution is 2.13. The molecular formula is C18H25N5O. The van der Waals surface area contributed by atoms with Gasteiger partial charge in [0, 0.05) is 19.2 Å². The first-order chi connectivity index (χ1) is 11.6. The molecular weight excluding hydrogens is 302 g/mol. The summed E-state index contributed by atoms with van der Waals surface area (Å²) >= 11 is 0. The second-order valence-electron chi connectivity index (χ2n) is 6.44. The number of anilines is 1. The molecule has 1 aromatic heterocycles. The summed E-state index contributed by atoms with van der Waals surface area (Å²) in [6, 6.07) is 10.2. The van der Waals surface area contributed by atoms with Crippen molar-refractivity contribution < 1.29 is 4.79 Å². The van der Waals surface area contributed by atoms with E-state index >= 15 is 0 Å². The van der Waals surface area contributed by atoms with E-state index in [0.29, 0.717) is 12.4 Å². The number of hydrogen-bond acceptors (Lipinski definition) is 4. The van der Waals surface area contributed by atoms with Gasteiger partial charge in [-0.05, 0) is 44.0 Å². The lowest BCUT2D eigenvalue weighted by Crippen LogP contribution is -2.28. The summed E-state index contributed by atoms with van der Waals surface area (Å²) in [7, 11) is 0. The van der Waals surface area contributed by atoms with E-state index in [1.807, 2.05) is 6.92 Å². The monoisotopic (exact) mass is 327 g/mol. The van der Waals surface area contributed by atoms with E-state index in [2.05, 4.69) is 39.6 Å². The Morgan fingerprint density at radius 3 is 2.50 bits per heavy atom. The van der Waals surface area contributed by atoms with Crippen molar-refractivity contribution in [2.75, 3.05) is 18.8 Å². The Kier molecular flexibility index (Phi) is 5.15. The Hall–Kier alpha value is -2.34. The van der Waals surface area contributed by atoms with Crippen LogP contribution in [0.3, 0.4) is 0 Å². The standard InChI is InChI=1S/C18H25N5O/c1-14-10-17(19)23(21-14)13-18(24)20-11-15-4-6-16(7-5-15)12-22-8-2-3-9-22/h4-7,10H,2-3,8-9,11-13,19H2,1H3,(H,20,24). The molecule has 2 heterocycles. The molecule has 3 N–H and O–H groups in total. The lowest BCUT2D eigenvalue weighted by Gasteiger charge is -2.14. The Bertz CT molecular complexity index is 686. The molecule has 0 aliphatic carbocycles. The minimum Gasteiger partial charge on any atom is -0.384 e. The number of carbonyl (C=O) groups is 1. The van der Waals surface area contributed by atoms with Crippen LogP contribution in [0.15, 0.2) is 30.3 Å². The van der Waals surface area contributed by atoms with Crippen molar-refractivity contribution >= 4 is 11.7 Å². The molecule has 0 spiro atoms. The first-order valence-corrected chi connectivity index (χ1v) is 8.47. The Balaban J connectivity index is 1.47. The molecule has 6 nitrogen and oxygen atoms in total. The van der Waals surface area contributed by atoms with Crippen LogP contribution >= 0.6 is 0 Å². The fourth-order valence-electron chi connectivity index (χ4n) is 3.05. The van der Waals surface area contributed by atoms with Crippen molar-refractivity contribution in [3.05, 3.63) is 47.2 Å². The third kappa shape index (κ3) is 4.35. The largest absolute Gasteiger partial charge is 0.384 e. The maximum atomic E-state index is 12.0. The predicted molar refractivity (Wildman–Crippen MR) is 94.2 cm³/mol. The molecule has 0 bridgehead atoms. The molecule has 1 aliphatic heterocycles. The van der Waals surface area contributed by atoms with Crippen molar-refractivity contribution in [2.24, 2.45) is 0 Å². The van der Waals surface area contributed by atoms with Gasteiger partial charge in [-0.3, -0.25) is 9.69 Å². The van der Waals surface area contributed by atoms with Gasteiger partial charge in [0.15, 0.2) is 0 Å². The number of nitrogens with zero attached hydrogens (tertiary/aromatic N) is 3. The predicted octanol–water partition coefficient (Wildman–Crippen LogP) is 1.69. The number of hydrogen-bond donors (Lipinski definition) is 2. The third-order valence-electron chi connectivity index (χ3n) is 4.34. The van der Waals surface area contributed by atoms with Gasteiger partial charge in [-0.2, -0.15) is 5.10 Å². The van der Waals surface area contributed by atoms with Gasteiger partial charge in [-0.25, -0.2) is 4.68 Å². The average molecular weight is 327 g/mol. The van der Waals surface area contributed by atoms with E-state index < -0.39 is 0 Å². The number of amides is 1. The zero-order valence-electron chi connectivity index (χ0n) is 14.2. The molecule has 1 fully saturated rings. The highest BCUT2D eigenvalue weighted by molar-refractivity contribution is 5.76. The topological polar surface area (TPSA) is 76.2 Å². The summed E-state index contributed by atoms with van der Waals surface area (Å²) in [5, 5.41) is 7.10. The molecule has 3 rings (SSSR count). The van der Waals surface area contributed by atoms with Gasteiger partial charge < -0.3 is 11.1 Å². The van der Waals surface area contributed by atoms with Gasteiger partial charge in [0.05, 0.1) is 5.69 Å². The number of nitrogen functional groups attached to an aromatic ring is 1. The molecule has 6 heteroatoms. The molecule has 0 unspecified atom stereocenters. The quantitative estimate of drug-likeness (QED) is 0.846. The number of likely N-dealkylation sites (tertiary alicyclic amines) is 1. The van der Waals surface area contributed by atoms with Gasteiger partial charge in [0.25, 0.3) is 0 Å². The van der Waals surface area contributed by atoms with E-state index in [4.69, 9.17) is 5.73 Å². The minimum atomic E-state index is -0.0917. The molecule has 0 atom stereocenters. The smallest absolute Gasteiger partial charge is 0.242 e. The Labute approximate surface area is 142 Å². The van der Waals surface area contributed by atoms with Crippen LogP contribution in [-0.2, 0) is 24.4 Å². The van der Waals surface area contributed by atoms with Crippen LogP contribution in [-0.4, -0.2) is 33.7 Å². The highest BCUT2D eigenvalue weighted by Gasteiger charge is 2.11. The van der Waals surface area contributed by atoms with Crippen LogP contribution in [0.5, 0.6) is 0 Å². The number of aryl methyl sites for hydroxylation is 1. The fourth-order valence-corrected chi connectivity index (χ4v) is 3.05. The maximum Gasteiger partial charge on any atom is 0.242 e. The van der Waals surface area contributed by atoms with Gasteiger partial charge in [0.2, 0.25) is 5.91 Å². The summed E-state index contributed by atoms with van der Waals surface area (Å²) in [5.74, 6) is 0.417. The van der Waals surface area contributed by atoms with Crippen LogP contribution in [0.2, 0.25) is 0 Å². The summed E-state index contributed by atoms with van der Waals surface area (Å²) in [5.41, 5.74) is 9.03. The van der Waals surface area contributed by atoms with Crippen LogP contribution in [0, 0.1) is 6.92 Å². The zero-order chi connectivity index (χ0) is 16.9. The first kappa shape index (κ1) is 16.5. The number of nitrogens with one attached hydrogen (secondary N) is 1. The number of aromatic nitrogens is 2. The molecule has 0 radical (unpaired) electrons.